The van der Waals surface area contributed by atoms with Crippen molar-refractivity contribution in [1.82, 2.24) is 0 Å². The van der Waals surface area contributed by atoms with Crippen LogP contribution < -0.4 is 0 Å². The van der Waals surface area contributed by atoms with E-state index in [0.29, 0.717) is 4.83 Å². The van der Waals surface area contributed by atoms with Gasteiger partial charge in [-0.3, -0.25) is 0 Å². The van der Waals surface area contributed by atoms with Gasteiger partial charge in [0, 0.05) is 23.9 Å². The maximum atomic E-state index is 4.90. The standard InChI is InChI=1S/C6H12Br2O/c1-9-4-2-3-6(8)5-7/h6H,2-5H2,1H3. The first-order valence-electron chi connectivity index (χ1n) is 3.00. The van der Waals surface area contributed by atoms with E-state index in [1.165, 1.54) is 6.42 Å². The molecule has 9 heavy (non-hydrogen) atoms. The van der Waals surface area contributed by atoms with Crippen molar-refractivity contribution in [2.45, 2.75) is 17.7 Å². The highest BCUT2D eigenvalue weighted by Gasteiger charge is 1.99. The molecule has 0 fully saturated rings. The summed E-state index contributed by atoms with van der Waals surface area (Å²) in [7, 11) is 1.73. The van der Waals surface area contributed by atoms with Gasteiger partial charge in [0.1, 0.15) is 0 Å². The van der Waals surface area contributed by atoms with Gasteiger partial charge in [-0.1, -0.05) is 31.9 Å². The second kappa shape index (κ2) is 7.03. The maximum absolute atomic E-state index is 4.90. The van der Waals surface area contributed by atoms with Crippen LogP contribution in [0.5, 0.6) is 0 Å². The summed E-state index contributed by atoms with van der Waals surface area (Å²) in [4.78, 5) is 0.604. The molecule has 0 spiro atoms. The Morgan fingerprint density at radius 3 is 2.67 bits per heavy atom. The Morgan fingerprint density at radius 1 is 1.56 bits per heavy atom. The Hall–Kier alpha value is 0.920. The van der Waals surface area contributed by atoms with Crippen LogP contribution in [0.4, 0.5) is 0 Å². The van der Waals surface area contributed by atoms with Crippen LogP contribution in [0, 0.1) is 0 Å². The lowest BCUT2D eigenvalue weighted by molar-refractivity contribution is 0.193. The van der Waals surface area contributed by atoms with Crippen LogP contribution in [0.15, 0.2) is 0 Å². The molecule has 0 aliphatic carbocycles. The van der Waals surface area contributed by atoms with Crippen LogP contribution in [-0.4, -0.2) is 23.9 Å². The van der Waals surface area contributed by atoms with E-state index in [1.807, 2.05) is 0 Å². The molecular formula is C6H12Br2O. The molecule has 1 unspecified atom stereocenters. The lowest BCUT2D eigenvalue weighted by atomic mass is 10.3. The summed E-state index contributed by atoms with van der Waals surface area (Å²) in [6.07, 6.45) is 2.32. The Labute approximate surface area is 73.4 Å². The van der Waals surface area contributed by atoms with E-state index >= 15 is 0 Å². The van der Waals surface area contributed by atoms with E-state index in [4.69, 9.17) is 4.74 Å². The van der Waals surface area contributed by atoms with Gasteiger partial charge in [0.2, 0.25) is 0 Å². The molecule has 0 aliphatic heterocycles. The molecule has 3 heteroatoms. The van der Waals surface area contributed by atoms with Gasteiger partial charge in [-0.2, -0.15) is 0 Å². The average Bonchev–Trinajstić information content (AvgIpc) is 1.89. The topological polar surface area (TPSA) is 9.23 Å². The zero-order valence-corrected chi connectivity index (χ0v) is 8.74. The zero-order chi connectivity index (χ0) is 7.11. The minimum atomic E-state index is 0.604. The fourth-order valence-electron chi connectivity index (χ4n) is 0.526. The molecule has 1 nitrogen and oxygen atoms in total. The Bertz CT molecular complexity index is 59.0. The number of halogens is 2. The number of hydrogen-bond donors (Lipinski definition) is 0. The predicted molar refractivity (Wildman–Crippen MR) is 47.6 cm³/mol. The molecule has 0 aromatic carbocycles. The third-order valence-corrected chi connectivity index (χ3v) is 3.47. The van der Waals surface area contributed by atoms with E-state index in [1.54, 1.807) is 7.11 Å². The van der Waals surface area contributed by atoms with Crippen LogP contribution in [0.25, 0.3) is 0 Å². The van der Waals surface area contributed by atoms with Crippen LogP contribution in [-0.2, 0) is 4.74 Å². The highest BCUT2D eigenvalue weighted by molar-refractivity contribution is 9.12. The molecule has 0 heterocycles. The van der Waals surface area contributed by atoms with Crippen molar-refractivity contribution in [3.05, 3.63) is 0 Å². The molecule has 0 aromatic heterocycles. The van der Waals surface area contributed by atoms with Crippen molar-refractivity contribution in [1.29, 1.82) is 0 Å². The van der Waals surface area contributed by atoms with Crippen molar-refractivity contribution >= 4 is 31.9 Å². The Balaban J connectivity index is 2.88. The van der Waals surface area contributed by atoms with Gasteiger partial charge in [-0.05, 0) is 12.8 Å². The molecule has 1 atom stereocenters. The number of alkyl halides is 2. The molecule has 0 rings (SSSR count). The highest BCUT2D eigenvalue weighted by atomic mass is 79.9. The first-order valence-corrected chi connectivity index (χ1v) is 5.04. The van der Waals surface area contributed by atoms with Gasteiger partial charge >= 0.3 is 0 Å². The molecule has 0 bridgehead atoms. The summed E-state index contributed by atoms with van der Waals surface area (Å²) < 4.78 is 4.90. The third kappa shape index (κ3) is 6.81. The molecule has 0 aliphatic rings. The summed E-state index contributed by atoms with van der Waals surface area (Å²) in [6, 6.07) is 0. The number of hydrogen-bond acceptors (Lipinski definition) is 1. The van der Waals surface area contributed by atoms with E-state index < -0.39 is 0 Å². The first kappa shape index (κ1) is 9.92. The van der Waals surface area contributed by atoms with Gasteiger partial charge in [-0.15, -0.1) is 0 Å². The third-order valence-electron chi connectivity index (χ3n) is 1.03. The zero-order valence-electron chi connectivity index (χ0n) is 5.57. The molecule has 0 radical (unpaired) electrons. The van der Waals surface area contributed by atoms with Crippen LogP contribution in [0.3, 0.4) is 0 Å². The number of rotatable bonds is 5. The Kier molecular flexibility index (Phi) is 7.75. The first-order chi connectivity index (χ1) is 4.31. The summed E-state index contributed by atoms with van der Waals surface area (Å²) in [6.45, 7) is 0.870. The molecule has 0 saturated heterocycles. The molecular weight excluding hydrogens is 248 g/mol. The monoisotopic (exact) mass is 258 g/mol. The SMILES string of the molecule is COCCCC(Br)CBr. The predicted octanol–water partition coefficient (Wildman–Crippen LogP) is 2.57. The fraction of sp³-hybridized carbons (Fsp3) is 1.00. The minimum Gasteiger partial charge on any atom is -0.385 e. The molecule has 0 N–H and O–H groups in total. The second-order valence-electron chi connectivity index (χ2n) is 1.89. The smallest absolute Gasteiger partial charge is 0.0462 e. The normalized spacial score (nSPS) is 13.7. The van der Waals surface area contributed by atoms with Crippen molar-refractivity contribution in [2.24, 2.45) is 0 Å². The van der Waals surface area contributed by atoms with Gasteiger partial charge in [-0.25, -0.2) is 0 Å². The highest BCUT2D eigenvalue weighted by Crippen LogP contribution is 2.10. The van der Waals surface area contributed by atoms with Crippen molar-refractivity contribution in [3.8, 4) is 0 Å². The van der Waals surface area contributed by atoms with Crippen LogP contribution in [0.1, 0.15) is 12.8 Å². The fourth-order valence-corrected chi connectivity index (χ4v) is 1.17. The maximum Gasteiger partial charge on any atom is 0.0462 e. The molecule has 0 saturated carbocycles. The number of ether oxygens (including phenoxy) is 1. The van der Waals surface area contributed by atoms with Gasteiger partial charge in [0.15, 0.2) is 0 Å². The van der Waals surface area contributed by atoms with E-state index in [-0.39, 0.29) is 0 Å². The van der Waals surface area contributed by atoms with Gasteiger partial charge in [0.25, 0.3) is 0 Å². The quantitative estimate of drug-likeness (QED) is 0.545. The molecule has 0 amide bonds. The summed E-state index contributed by atoms with van der Waals surface area (Å²) >= 11 is 6.88. The Morgan fingerprint density at radius 2 is 2.22 bits per heavy atom. The van der Waals surface area contributed by atoms with Crippen LogP contribution in [0.2, 0.25) is 0 Å². The second-order valence-corrected chi connectivity index (χ2v) is 3.83. The van der Waals surface area contributed by atoms with E-state index in [2.05, 4.69) is 31.9 Å². The van der Waals surface area contributed by atoms with Crippen molar-refractivity contribution < 1.29 is 4.74 Å². The van der Waals surface area contributed by atoms with Crippen LogP contribution >= 0.6 is 31.9 Å². The average molecular weight is 260 g/mol. The summed E-state index contributed by atoms with van der Waals surface area (Å²) in [5, 5.41) is 1.02. The van der Waals surface area contributed by atoms with E-state index in [0.717, 1.165) is 18.4 Å². The summed E-state index contributed by atoms with van der Waals surface area (Å²) in [5.41, 5.74) is 0. The molecule has 0 aromatic rings. The van der Waals surface area contributed by atoms with Crippen molar-refractivity contribution in [2.75, 3.05) is 19.0 Å². The lowest BCUT2D eigenvalue weighted by Gasteiger charge is -2.03. The van der Waals surface area contributed by atoms with Gasteiger partial charge < -0.3 is 4.74 Å². The largest absolute Gasteiger partial charge is 0.385 e. The van der Waals surface area contributed by atoms with Crippen molar-refractivity contribution in [3.63, 3.8) is 0 Å². The molecule has 56 valence electrons. The van der Waals surface area contributed by atoms with Gasteiger partial charge in [0.05, 0.1) is 0 Å². The summed E-state index contributed by atoms with van der Waals surface area (Å²) in [5.74, 6) is 0. The lowest BCUT2D eigenvalue weighted by Crippen LogP contribution is -2.00. The minimum absolute atomic E-state index is 0.604. The number of methoxy groups -OCH3 is 1. The van der Waals surface area contributed by atoms with E-state index in [9.17, 15) is 0 Å².